The molecule has 0 amide bonds. The van der Waals surface area contributed by atoms with Crippen LogP contribution in [0, 0.1) is 5.92 Å². The molecule has 0 heterocycles. The van der Waals surface area contributed by atoms with Crippen molar-refractivity contribution in [1.82, 2.24) is 5.32 Å². The lowest BCUT2D eigenvalue weighted by Crippen LogP contribution is -2.34. The molecule has 2 atom stereocenters. The van der Waals surface area contributed by atoms with Crippen molar-refractivity contribution in [2.75, 3.05) is 0 Å². The highest BCUT2D eigenvalue weighted by molar-refractivity contribution is 5.19. The Labute approximate surface area is 111 Å². The van der Waals surface area contributed by atoms with Gasteiger partial charge in [-0.15, -0.1) is 0 Å². The fourth-order valence-electron chi connectivity index (χ4n) is 2.69. The van der Waals surface area contributed by atoms with Gasteiger partial charge in [-0.1, -0.05) is 56.3 Å². The zero-order chi connectivity index (χ0) is 12.8. The van der Waals surface area contributed by atoms with Crippen LogP contribution in [0.2, 0.25) is 0 Å². The summed E-state index contributed by atoms with van der Waals surface area (Å²) in [5.41, 5.74) is 1.43. The third kappa shape index (κ3) is 3.99. The van der Waals surface area contributed by atoms with Crippen molar-refractivity contribution in [3.63, 3.8) is 0 Å². The number of nitrogens with one attached hydrogen (secondary N) is 1. The van der Waals surface area contributed by atoms with Crippen LogP contribution < -0.4 is 5.32 Å². The van der Waals surface area contributed by atoms with Crippen LogP contribution in [0.25, 0.3) is 0 Å². The Morgan fingerprint density at radius 3 is 2.56 bits per heavy atom. The Hall–Kier alpha value is -1.08. The summed E-state index contributed by atoms with van der Waals surface area (Å²) in [6, 6.07) is 12.0. The molecule has 2 unspecified atom stereocenters. The Kier molecular flexibility index (Phi) is 5.00. The minimum atomic E-state index is 0.502. The molecule has 0 saturated heterocycles. The van der Waals surface area contributed by atoms with Crippen LogP contribution in [-0.2, 0) is 0 Å². The van der Waals surface area contributed by atoms with Crippen LogP contribution in [-0.4, -0.2) is 6.04 Å². The molecule has 0 aliphatic heterocycles. The lowest BCUT2D eigenvalue weighted by Gasteiger charge is -2.28. The molecule has 1 aromatic rings. The minimum absolute atomic E-state index is 0.502. The average molecular weight is 243 g/mol. The van der Waals surface area contributed by atoms with Gasteiger partial charge in [0.05, 0.1) is 0 Å². The summed E-state index contributed by atoms with van der Waals surface area (Å²) < 4.78 is 0. The first kappa shape index (κ1) is 13.4. The van der Waals surface area contributed by atoms with Gasteiger partial charge < -0.3 is 5.32 Å². The summed E-state index contributed by atoms with van der Waals surface area (Å²) >= 11 is 0. The van der Waals surface area contributed by atoms with E-state index in [4.69, 9.17) is 0 Å². The van der Waals surface area contributed by atoms with Gasteiger partial charge in [-0.25, -0.2) is 0 Å². The first-order valence-electron chi connectivity index (χ1n) is 7.21. The van der Waals surface area contributed by atoms with Crippen LogP contribution in [0.3, 0.4) is 0 Å². The predicted molar refractivity (Wildman–Crippen MR) is 78.6 cm³/mol. The van der Waals surface area contributed by atoms with Crippen LogP contribution in [0.5, 0.6) is 0 Å². The smallest absolute Gasteiger partial charge is 0.0325 e. The largest absolute Gasteiger partial charge is 0.307 e. The Bertz CT molecular complexity index is 366. The zero-order valence-electron chi connectivity index (χ0n) is 11.6. The van der Waals surface area contributed by atoms with Crippen molar-refractivity contribution in [3.05, 3.63) is 48.0 Å². The molecule has 1 nitrogen and oxygen atoms in total. The molecular formula is C17H25N. The van der Waals surface area contributed by atoms with Gasteiger partial charge in [0, 0.05) is 12.1 Å². The molecule has 1 aliphatic rings. The molecule has 0 aromatic heterocycles. The predicted octanol–water partition coefficient (Wildman–Crippen LogP) is 4.47. The Morgan fingerprint density at radius 1 is 1.17 bits per heavy atom. The third-order valence-corrected chi connectivity index (χ3v) is 3.61. The van der Waals surface area contributed by atoms with E-state index in [2.05, 4.69) is 61.6 Å². The molecule has 18 heavy (non-hydrogen) atoms. The van der Waals surface area contributed by atoms with E-state index in [1.165, 1.54) is 31.2 Å². The molecular weight excluding hydrogens is 218 g/mol. The molecule has 1 aliphatic carbocycles. The van der Waals surface area contributed by atoms with Crippen molar-refractivity contribution < 1.29 is 0 Å². The highest BCUT2D eigenvalue weighted by Gasteiger charge is 2.18. The quantitative estimate of drug-likeness (QED) is 0.752. The summed E-state index contributed by atoms with van der Waals surface area (Å²) in [6.07, 6.45) is 9.52. The normalized spacial score (nSPS) is 21.2. The Morgan fingerprint density at radius 2 is 1.94 bits per heavy atom. The van der Waals surface area contributed by atoms with Gasteiger partial charge in [-0.2, -0.15) is 0 Å². The van der Waals surface area contributed by atoms with Crippen molar-refractivity contribution in [1.29, 1.82) is 0 Å². The van der Waals surface area contributed by atoms with Gasteiger partial charge in [0.25, 0.3) is 0 Å². The first-order valence-corrected chi connectivity index (χ1v) is 7.21. The van der Waals surface area contributed by atoms with E-state index in [0.29, 0.717) is 12.1 Å². The van der Waals surface area contributed by atoms with Gasteiger partial charge in [0.15, 0.2) is 0 Å². The van der Waals surface area contributed by atoms with Crippen molar-refractivity contribution >= 4 is 0 Å². The molecule has 1 N–H and O–H groups in total. The van der Waals surface area contributed by atoms with E-state index in [1.54, 1.807) is 0 Å². The second-order valence-corrected chi connectivity index (χ2v) is 5.74. The summed E-state index contributed by atoms with van der Waals surface area (Å²) in [7, 11) is 0. The second kappa shape index (κ2) is 6.75. The van der Waals surface area contributed by atoms with E-state index >= 15 is 0 Å². The fourth-order valence-corrected chi connectivity index (χ4v) is 2.69. The van der Waals surface area contributed by atoms with E-state index < -0.39 is 0 Å². The van der Waals surface area contributed by atoms with Crippen LogP contribution in [0.1, 0.15) is 51.1 Å². The molecule has 1 aromatic carbocycles. The van der Waals surface area contributed by atoms with E-state index in [-0.39, 0.29) is 0 Å². The number of allylic oxidation sites excluding steroid dienone is 1. The zero-order valence-corrected chi connectivity index (χ0v) is 11.6. The summed E-state index contributed by atoms with van der Waals surface area (Å²) in [6.45, 7) is 4.61. The highest BCUT2D eigenvalue weighted by Crippen LogP contribution is 2.24. The SMILES string of the molecule is CC(C)CC(NC1CC=CCC1)c1ccccc1. The maximum absolute atomic E-state index is 3.85. The number of rotatable bonds is 5. The van der Waals surface area contributed by atoms with Gasteiger partial charge in [-0.3, -0.25) is 0 Å². The fraction of sp³-hybridized carbons (Fsp3) is 0.529. The van der Waals surface area contributed by atoms with Gasteiger partial charge in [0.2, 0.25) is 0 Å². The van der Waals surface area contributed by atoms with E-state index in [9.17, 15) is 0 Å². The van der Waals surface area contributed by atoms with Crippen molar-refractivity contribution in [2.45, 2.75) is 51.6 Å². The number of hydrogen-bond donors (Lipinski definition) is 1. The summed E-state index contributed by atoms with van der Waals surface area (Å²) in [5.74, 6) is 0.724. The second-order valence-electron chi connectivity index (χ2n) is 5.74. The van der Waals surface area contributed by atoms with Crippen LogP contribution in [0.4, 0.5) is 0 Å². The average Bonchev–Trinajstić information content (AvgIpc) is 2.40. The molecule has 98 valence electrons. The lowest BCUT2D eigenvalue weighted by molar-refractivity contribution is 0.362. The van der Waals surface area contributed by atoms with Crippen LogP contribution >= 0.6 is 0 Å². The van der Waals surface area contributed by atoms with E-state index in [1.807, 2.05) is 0 Å². The molecule has 0 spiro atoms. The highest BCUT2D eigenvalue weighted by atomic mass is 14.9. The third-order valence-electron chi connectivity index (χ3n) is 3.61. The summed E-state index contributed by atoms with van der Waals surface area (Å²) in [4.78, 5) is 0. The summed E-state index contributed by atoms with van der Waals surface area (Å²) in [5, 5.41) is 3.85. The van der Waals surface area contributed by atoms with Crippen LogP contribution in [0.15, 0.2) is 42.5 Å². The number of hydrogen-bond acceptors (Lipinski definition) is 1. The molecule has 0 bridgehead atoms. The Balaban J connectivity index is 2.03. The van der Waals surface area contributed by atoms with Crippen molar-refractivity contribution in [2.24, 2.45) is 5.92 Å². The molecule has 0 fully saturated rings. The maximum Gasteiger partial charge on any atom is 0.0325 e. The molecule has 2 rings (SSSR count). The van der Waals surface area contributed by atoms with Gasteiger partial charge >= 0.3 is 0 Å². The topological polar surface area (TPSA) is 12.0 Å². The number of benzene rings is 1. The minimum Gasteiger partial charge on any atom is -0.307 e. The molecule has 1 heteroatoms. The first-order chi connectivity index (χ1) is 8.75. The molecule has 0 radical (unpaired) electrons. The standard InChI is InChI=1S/C17H25N/c1-14(2)13-17(15-9-5-3-6-10-15)18-16-11-7-4-8-12-16/h3-7,9-10,14,16-18H,8,11-13H2,1-2H3. The van der Waals surface area contributed by atoms with Gasteiger partial charge in [0.1, 0.15) is 0 Å². The monoisotopic (exact) mass is 243 g/mol. The van der Waals surface area contributed by atoms with E-state index in [0.717, 1.165) is 5.92 Å². The van der Waals surface area contributed by atoms with Crippen molar-refractivity contribution in [3.8, 4) is 0 Å². The maximum atomic E-state index is 3.85. The molecule has 0 saturated carbocycles. The lowest BCUT2D eigenvalue weighted by atomic mass is 9.94. The van der Waals surface area contributed by atoms with Gasteiger partial charge in [-0.05, 0) is 37.2 Å².